The average Bonchev–Trinajstić information content (AvgIpc) is 2.75. The normalized spacial score (nSPS) is 11.1. The third-order valence-electron chi connectivity index (χ3n) is 4.94. The smallest absolute Gasteiger partial charge is 0.274 e. The highest BCUT2D eigenvalue weighted by atomic mass is 16.6. The summed E-state index contributed by atoms with van der Waals surface area (Å²) >= 11 is 0. The summed E-state index contributed by atoms with van der Waals surface area (Å²) in [4.78, 5) is 36.5. The summed E-state index contributed by atoms with van der Waals surface area (Å²) < 4.78 is 7.24. The van der Waals surface area contributed by atoms with Crippen molar-refractivity contribution in [1.29, 1.82) is 0 Å². The lowest BCUT2D eigenvalue weighted by Crippen LogP contribution is -2.24. The second-order valence-electron chi connectivity index (χ2n) is 6.98. The zero-order chi connectivity index (χ0) is 21.7. The number of hydrogen-bond acceptors (Lipinski definition) is 6. The molecule has 30 heavy (non-hydrogen) atoms. The third kappa shape index (κ3) is 4.67. The van der Waals surface area contributed by atoms with E-state index in [1.807, 2.05) is 20.0 Å². The number of carbonyl (C=O) groups excluding carboxylic acids is 1. The summed E-state index contributed by atoms with van der Waals surface area (Å²) in [7, 11) is 3.39. The van der Waals surface area contributed by atoms with Gasteiger partial charge in [0.25, 0.3) is 11.5 Å². The Bertz CT molecular complexity index is 1110. The van der Waals surface area contributed by atoms with E-state index in [-0.39, 0.29) is 5.56 Å². The van der Waals surface area contributed by atoms with Gasteiger partial charge in [-0.1, -0.05) is 13.0 Å². The molecule has 0 atom stereocenters. The predicted octanol–water partition coefficient (Wildman–Crippen LogP) is 2.32. The summed E-state index contributed by atoms with van der Waals surface area (Å²) in [5.74, 6) is 0.224. The first-order valence-electron chi connectivity index (χ1n) is 9.71. The molecule has 0 fully saturated rings. The maximum Gasteiger partial charge on any atom is 0.274 e. The van der Waals surface area contributed by atoms with Crippen molar-refractivity contribution in [2.75, 3.05) is 33.9 Å². The number of aromatic nitrogens is 2. The quantitative estimate of drug-likeness (QED) is 0.574. The van der Waals surface area contributed by atoms with Crippen molar-refractivity contribution >= 4 is 16.8 Å². The Hall–Kier alpha value is -3.23. The van der Waals surface area contributed by atoms with Crippen LogP contribution in [0.4, 0.5) is 0 Å². The maximum absolute atomic E-state index is 13.2. The van der Waals surface area contributed by atoms with Crippen molar-refractivity contribution in [3.63, 3.8) is 0 Å². The zero-order valence-corrected chi connectivity index (χ0v) is 17.6. The first-order valence-corrected chi connectivity index (χ1v) is 9.71. The molecule has 0 bridgehead atoms. The molecule has 8 nitrogen and oxygen atoms in total. The van der Waals surface area contributed by atoms with Gasteiger partial charge < -0.3 is 9.64 Å². The van der Waals surface area contributed by atoms with Crippen LogP contribution in [0.25, 0.3) is 16.6 Å². The fourth-order valence-corrected chi connectivity index (χ4v) is 3.00. The number of amides is 1. The lowest BCUT2D eigenvalue weighted by atomic mass is 10.1. The Labute approximate surface area is 175 Å². The lowest BCUT2D eigenvalue weighted by Gasteiger charge is -2.15. The van der Waals surface area contributed by atoms with Crippen LogP contribution in [0.15, 0.2) is 47.5 Å². The Kier molecular flexibility index (Phi) is 6.81. The van der Waals surface area contributed by atoms with Crippen LogP contribution in [-0.2, 0) is 4.84 Å². The first kappa shape index (κ1) is 21.5. The molecule has 0 aliphatic rings. The van der Waals surface area contributed by atoms with E-state index < -0.39 is 5.91 Å². The number of fused-ring (bicyclic) bond motifs is 1. The minimum atomic E-state index is -0.395. The molecule has 3 rings (SSSR count). The standard InChI is InChI=1S/C22H26N4O4/c1-5-25(3)10-11-30-17-8-9-19-18(13-17)22(28)26(14-23-19)20-12-16(7-6-15(20)2)21(27)24-29-4/h6-9,12-14H,5,10-11H2,1-4H3,(H,24,27). The zero-order valence-electron chi connectivity index (χ0n) is 17.6. The largest absolute Gasteiger partial charge is 0.492 e. The van der Waals surface area contributed by atoms with Crippen molar-refractivity contribution in [2.45, 2.75) is 13.8 Å². The van der Waals surface area contributed by atoms with Crippen LogP contribution in [0.5, 0.6) is 5.75 Å². The second-order valence-corrected chi connectivity index (χ2v) is 6.98. The van der Waals surface area contributed by atoms with Crippen LogP contribution < -0.4 is 15.8 Å². The predicted molar refractivity (Wildman–Crippen MR) is 115 cm³/mol. The average molecular weight is 410 g/mol. The minimum absolute atomic E-state index is 0.233. The van der Waals surface area contributed by atoms with Crippen LogP contribution in [-0.4, -0.2) is 54.2 Å². The van der Waals surface area contributed by atoms with Crippen LogP contribution in [0.1, 0.15) is 22.8 Å². The summed E-state index contributed by atoms with van der Waals surface area (Å²) in [6.45, 7) is 6.21. The number of carbonyl (C=O) groups is 1. The number of aryl methyl sites for hydroxylation is 1. The van der Waals surface area contributed by atoms with Crippen molar-refractivity contribution in [1.82, 2.24) is 19.9 Å². The number of nitrogens with one attached hydrogen (secondary N) is 1. The molecule has 1 N–H and O–H groups in total. The van der Waals surface area contributed by atoms with Crippen molar-refractivity contribution in [3.05, 3.63) is 64.2 Å². The molecule has 158 valence electrons. The van der Waals surface area contributed by atoms with E-state index in [9.17, 15) is 9.59 Å². The van der Waals surface area contributed by atoms with Crippen molar-refractivity contribution < 1.29 is 14.4 Å². The van der Waals surface area contributed by atoms with Gasteiger partial charge in [0.2, 0.25) is 0 Å². The van der Waals surface area contributed by atoms with Crippen LogP contribution >= 0.6 is 0 Å². The van der Waals surface area contributed by atoms with Crippen LogP contribution in [0.3, 0.4) is 0 Å². The maximum atomic E-state index is 13.2. The molecular weight excluding hydrogens is 384 g/mol. The van der Waals surface area contributed by atoms with Gasteiger partial charge in [-0.15, -0.1) is 0 Å². The number of likely N-dealkylation sites (N-methyl/N-ethyl adjacent to an activating group) is 1. The minimum Gasteiger partial charge on any atom is -0.492 e. The summed E-state index contributed by atoms with van der Waals surface area (Å²) in [5.41, 5.74) is 4.42. The molecule has 0 saturated carbocycles. The van der Waals surface area contributed by atoms with Crippen LogP contribution in [0, 0.1) is 6.92 Å². The van der Waals surface area contributed by atoms with Gasteiger partial charge in [-0.2, -0.15) is 0 Å². The number of nitrogens with zero attached hydrogens (tertiary/aromatic N) is 3. The Morgan fingerprint density at radius 3 is 2.77 bits per heavy atom. The molecule has 8 heteroatoms. The molecule has 1 aromatic heterocycles. The SMILES string of the molecule is CCN(C)CCOc1ccc2ncn(-c3cc(C(=O)NOC)ccc3C)c(=O)c2c1. The topological polar surface area (TPSA) is 85.7 Å². The number of hydrogen-bond donors (Lipinski definition) is 1. The second kappa shape index (κ2) is 9.51. The molecule has 0 spiro atoms. The lowest BCUT2D eigenvalue weighted by molar-refractivity contribution is 0.0537. The van der Waals surface area contributed by atoms with Gasteiger partial charge in [-0.05, 0) is 56.4 Å². The fourth-order valence-electron chi connectivity index (χ4n) is 3.00. The molecule has 1 amide bonds. The molecular formula is C22H26N4O4. The van der Waals surface area contributed by atoms with Gasteiger partial charge >= 0.3 is 0 Å². The number of benzene rings is 2. The molecule has 0 aliphatic carbocycles. The highest BCUT2D eigenvalue weighted by molar-refractivity contribution is 5.94. The Balaban J connectivity index is 1.97. The van der Waals surface area contributed by atoms with E-state index in [4.69, 9.17) is 4.74 Å². The van der Waals surface area contributed by atoms with E-state index in [2.05, 4.69) is 27.1 Å². The molecule has 0 aliphatic heterocycles. The summed E-state index contributed by atoms with van der Waals surface area (Å²) in [6.07, 6.45) is 1.47. The van der Waals surface area contributed by atoms with Gasteiger partial charge in [-0.3, -0.25) is 19.0 Å². The third-order valence-corrected chi connectivity index (χ3v) is 4.94. The van der Waals surface area contributed by atoms with Gasteiger partial charge in [-0.25, -0.2) is 10.5 Å². The van der Waals surface area contributed by atoms with E-state index in [1.54, 1.807) is 30.3 Å². The monoisotopic (exact) mass is 410 g/mol. The summed E-state index contributed by atoms with van der Waals surface area (Å²) in [5, 5.41) is 0.449. The molecule has 0 saturated heterocycles. The number of rotatable bonds is 8. The highest BCUT2D eigenvalue weighted by Gasteiger charge is 2.13. The van der Waals surface area contributed by atoms with Gasteiger partial charge in [0.05, 0.1) is 23.7 Å². The van der Waals surface area contributed by atoms with Crippen molar-refractivity contribution in [3.8, 4) is 11.4 Å². The van der Waals surface area contributed by atoms with Gasteiger partial charge in [0, 0.05) is 12.1 Å². The van der Waals surface area contributed by atoms with E-state index in [1.165, 1.54) is 18.0 Å². The first-order chi connectivity index (χ1) is 14.4. The molecule has 2 aromatic carbocycles. The highest BCUT2D eigenvalue weighted by Crippen LogP contribution is 2.19. The number of hydroxylamine groups is 1. The Morgan fingerprint density at radius 1 is 1.23 bits per heavy atom. The molecule has 1 heterocycles. The van der Waals surface area contributed by atoms with Gasteiger partial charge in [0.15, 0.2) is 0 Å². The van der Waals surface area contributed by atoms with E-state index in [0.29, 0.717) is 34.5 Å². The van der Waals surface area contributed by atoms with E-state index in [0.717, 1.165) is 18.7 Å². The Morgan fingerprint density at radius 2 is 2.03 bits per heavy atom. The summed E-state index contributed by atoms with van der Waals surface area (Å²) in [6, 6.07) is 10.4. The van der Waals surface area contributed by atoms with Crippen LogP contribution in [0.2, 0.25) is 0 Å². The molecule has 0 unspecified atom stereocenters. The molecule has 3 aromatic rings. The van der Waals surface area contributed by atoms with E-state index >= 15 is 0 Å². The number of ether oxygens (including phenoxy) is 1. The fraction of sp³-hybridized carbons (Fsp3) is 0.318. The van der Waals surface area contributed by atoms with Gasteiger partial charge in [0.1, 0.15) is 18.7 Å². The molecule has 0 radical (unpaired) electrons. The van der Waals surface area contributed by atoms with Crippen molar-refractivity contribution in [2.24, 2.45) is 0 Å².